The highest BCUT2D eigenvalue weighted by Gasteiger charge is 2.27. The topological polar surface area (TPSA) is 70.5 Å². The largest absolute Gasteiger partial charge is 0.473 e. The van der Waals surface area contributed by atoms with Gasteiger partial charge in [-0.25, -0.2) is 4.99 Å². The van der Waals surface area contributed by atoms with Crippen LogP contribution >= 0.6 is 0 Å². The molecule has 4 heterocycles. The van der Waals surface area contributed by atoms with E-state index in [9.17, 15) is 0 Å². The number of aliphatic imine (C=N–C) groups is 1. The van der Waals surface area contributed by atoms with Crippen LogP contribution in [0.15, 0.2) is 29.6 Å². The van der Waals surface area contributed by atoms with Gasteiger partial charge in [-0.05, 0) is 26.0 Å². The van der Waals surface area contributed by atoms with E-state index in [1.54, 1.807) is 0 Å². The third kappa shape index (κ3) is 2.27. The van der Waals surface area contributed by atoms with Gasteiger partial charge in [0, 0.05) is 25.5 Å². The van der Waals surface area contributed by atoms with E-state index in [1.165, 1.54) is 0 Å². The smallest absolute Gasteiger partial charge is 0.222 e. The Labute approximate surface area is 129 Å². The molecule has 0 amide bonds. The standard InChI is InChI=1S/C15H20N6O/c1-2-20-9-11(7-19-20)21-10-18-15(13-4-6-17-14(13)21)22-12-3-5-16-8-12/h4,6-7,9,12,16-17H,2-3,5,8,10H2,1H3/t12-/m1/s1. The van der Waals surface area contributed by atoms with Crippen LogP contribution < -0.4 is 10.2 Å². The molecular weight excluding hydrogens is 280 g/mol. The van der Waals surface area contributed by atoms with Gasteiger partial charge in [0.2, 0.25) is 5.90 Å². The molecular formula is C15H20N6O. The summed E-state index contributed by atoms with van der Waals surface area (Å²) in [5.74, 6) is 1.76. The lowest BCUT2D eigenvalue weighted by Gasteiger charge is -2.27. The maximum Gasteiger partial charge on any atom is 0.222 e. The Kier molecular flexibility index (Phi) is 3.34. The first-order chi connectivity index (χ1) is 10.8. The number of aryl methyl sites for hydroxylation is 1. The molecule has 2 N–H and O–H groups in total. The van der Waals surface area contributed by atoms with Crippen LogP contribution in [0.25, 0.3) is 0 Å². The van der Waals surface area contributed by atoms with Crippen LogP contribution in [0.3, 0.4) is 0 Å². The summed E-state index contributed by atoms with van der Waals surface area (Å²) >= 11 is 0. The summed E-state index contributed by atoms with van der Waals surface area (Å²) in [4.78, 5) is 10.1. The minimum Gasteiger partial charge on any atom is -0.473 e. The van der Waals surface area contributed by atoms with E-state index in [4.69, 9.17) is 4.74 Å². The predicted octanol–water partition coefficient (Wildman–Crippen LogP) is 1.47. The number of hydrogen-bond acceptors (Lipinski definition) is 5. The van der Waals surface area contributed by atoms with Crippen LogP contribution in [0.5, 0.6) is 0 Å². The Morgan fingerprint density at radius 1 is 1.45 bits per heavy atom. The molecule has 0 unspecified atom stereocenters. The Hall–Kier alpha value is -2.28. The van der Waals surface area contributed by atoms with E-state index in [0.29, 0.717) is 6.67 Å². The molecule has 1 atom stereocenters. The molecule has 1 fully saturated rings. The summed E-state index contributed by atoms with van der Waals surface area (Å²) in [6.07, 6.45) is 7.09. The molecule has 0 radical (unpaired) electrons. The molecule has 116 valence electrons. The molecule has 0 aliphatic carbocycles. The zero-order valence-electron chi connectivity index (χ0n) is 12.6. The van der Waals surface area contributed by atoms with Gasteiger partial charge in [-0.15, -0.1) is 0 Å². The van der Waals surface area contributed by atoms with Crippen molar-refractivity contribution in [1.82, 2.24) is 20.1 Å². The van der Waals surface area contributed by atoms with Gasteiger partial charge in [-0.2, -0.15) is 5.10 Å². The summed E-state index contributed by atoms with van der Waals surface area (Å²) < 4.78 is 7.98. The Balaban J connectivity index is 1.60. The van der Waals surface area contributed by atoms with Crippen molar-refractivity contribution in [2.24, 2.45) is 4.99 Å². The van der Waals surface area contributed by atoms with Gasteiger partial charge >= 0.3 is 0 Å². The fraction of sp³-hybridized carbons (Fsp3) is 0.467. The lowest BCUT2D eigenvalue weighted by Crippen LogP contribution is -2.29. The highest BCUT2D eigenvalue weighted by Crippen LogP contribution is 2.31. The molecule has 0 bridgehead atoms. The lowest BCUT2D eigenvalue weighted by molar-refractivity contribution is 0.209. The van der Waals surface area contributed by atoms with Crippen molar-refractivity contribution in [3.63, 3.8) is 0 Å². The molecule has 1 saturated heterocycles. The third-order valence-corrected chi connectivity index (χ3v) is 4.13. The van der Waals surface area contributed by atoms with Crippen molar-refractivity contribution in [3.05, 3.63) is 30.2 Å². The van der Waals surface area contributed by atoms with E-state index < -0.39 is 0 Å². The minimum absolute atomic E-state index is 0.218. The lowest BCUT2D eigenvalue weighted by atomic mass is 10.2. The van der Waals surface area contributed by atoms with Crippen molar-refractivity contribution in [2.45, 2.75) is 26.0 Å². The third-order valence-electron chi connectivity index (χ3n) is 4.13. The number of anilines is 2. The number of hydrogen-bond donors (Lipinski definition) is 2. The second-order valence-electron chi connectivity index (χ2n) is 5.56. The maximum atomic E-state index is 6.07. The summed E-state index contributed by atoms with van der Waals surface area (Å²) in [5.41, 5.74) is 2.05. The van der Waals surface area contributed by atoms with Gasteiger partial charge in [-0.1, -0.05) is 0 Å². The van der Waals surface area contributed by atoms with Crippen LogP contribution in [0.1, 0.15) is 18.9 Å². The highest BCUT2D eigenvalue weighted by atomic mass is 16.5. The van der Waals surface area contributed by atoms with Crippen LogP contribution in [0, 0.1) is 0 Å². The van der Waals surface area contributed by atoms with Gasteiger partial charge in [0.15, 0.2) is 0 Å². The zero-order valence-corrected chi connectivity index (χ0v) is 12.6. The first-order valence-corrected chi connectivity index (χ1v) is 7.74. The van der Waals surface area contributed by atoms with Crippen molar-refractivity contribution in [2.75, 3.05) is 24.7 Å². The van der Waals surface area contributed by atoms with Crippen LogP contribution in [-0.2, 0) is 11.3 Å². The molecule has 7 nitrogen and oxygen atoms in total. The average Bonchev–Trinajstić information content (AvgIpc) is 3.28. The summed E-state index contributed by atoms with van der Waals surface area (Å²) in [6.45, 7) is 5.38. The molecule has 22 heavy (non-hydrogen) atoms. The summed E-state index contributed by atoms with van der Waals surface area (Å²) in [7, 11) is 0. The quantitative estimate of drug-likeness (QED) is 0.900. The van der Waals surface area contributed by atoms with Gasteiger partial charge in [0.1, 0.15) is 18.6 Å². The van der Waals surface area contributed by atoms with E-state index in [2.05, 4.69) is 32.2 Å². The van der Waals surface area contributed by atoms with Crippen molar-refractivity contribution >= 4 is 17.4 Å². The van der Waals surface area contributed by atoms with Crippen LogP contribution in [0.4, 0.5) is 11.5 Å². The molecule has 0 spiro atoms. The fourth-order valence-corrected chi connectivity index (χ4v) is 2.91. The van der Waals surface area contributed by atoms with E-state index >= 15 is 0 Å². The second-order valence-corrected chi connectivity index (χ2v) is 5.56. The highest BCUT2D eigenvalue weighted by molar-refractivity contribution is 6.01. The molecule has 2 aliphatic heterocycles. The van der Waals surface area contributed by atoms with Crippen molar-refractivity contribution < 1.29 is 4.74 Å². The number of aromatic amines is 1. The number of ether oxygens (including phenoxy) is 1. The number of fused-ring (bicyclic) bond motifs is 1. The molecule has 0 aromatic carbocycles. The van der Waals surface area contributed by atoms with Crippen molar-refractivity contribution in [3.8, 4) is 0 Å². The predicted molar refractivity (Wildman–Crippen MR) is 84.6 cm³/mol. The SMILES string of the molecule is CCn1cc(N2CN=C(O[C@@H]3CCNC3)c3cc[nH]c32)cn1. The van der Waals surface area contributed by atoms with Crippen molar-refractivity contribution in [1.29, 1.82) is 0 Å². The molecule has 4 rings (SSSR count). The number of nitrogens with one attached hydrogen (secondary N) is 2. The summed E-state index contributed by atoms with van der Waals surface area (Å²) in [6, 6.07) is 2.02. The normalized spacial score (nSPS) is 20.9. The van der Waals surface area contributed by atoms with Crippen LogP contribution in [0.2, 0.25) is 0 Å². The molecule has 7 heteroatoms. The van der Waals surface area contributed by atoms with E-state index in [1.807, 2.05) is 29.3 Å². The maximum absolute atomic E-state index is 6.07. The van der Waals surface area contributed by atoms with Gasteiger partial charge in [-0.3, -0.25) is 4.68 Å². The average molecular weight is 300 g/mol. The fourth-order valence-electron chi connectivity index (χ4n) is 2.91. The Morgan fingerprint density at radius 3 is 3.18 bits per heavy atom. The zero-order chi connectivity index (χ0) is 14.9. The van der Waals surface area contributed by atoms with Gasteiger partial charge < -0.3 is 19.9 Å². The first kappa shape index (κ1) is 13.4. The van der Waals surface area contributed by atoms with E-state index in [0.717, 1.165) is 49.0 Å². The summed E-state index contributed by atoms with van der Waals surface area (Å²) in [5, 5.41) is 7.66. The van der Waals surface area contributed by atoms with Crippen LogP contribution in [-0.4, -0.2) is 46.5 Å². The number of rotatable bonds is 3. The second kappa shape index (κ2) is 5.49. The number of aromatic nitrogens is 3. The Morgan fingerprint density at radius 2 is 2.41 bits per heavy atom. The first-order valence-electron chi connectivity index (χ1n) is 7.74. The molecule has 0 saturated carbocycles. The molecule has 2 aliphatic rings. The minimum atomic E-state index is 0.218. The number of nitrogens with zero attached hydrogens (tertiary/aromatic N) is 4. The van der Waals surface area contributed by atoms with Gasteiger partial charge in [0.25, 0.3) is 0 Å². The molecule has 2 aromatic rings. The monoisotopic (exact) mass is 300 g/mol. The van der Waals surface area contributed by atoms with E-state index in [-0.39, 0.29) is 6.10 Å². The van der Waals surface area contributed by atoms with Gasteiger partial charge in [0.05, 0.1) is 17.4 Å². The number of H-pyrrole nitrogens is 1. The molecule has 2 aromatic heterocycles. The Bertz CT molecular complexity index is 682.